The highest BCUT2D eigenvalue weighted by molar-refractivity contribution is 5.79. The number of benzene rings is 1. The third kappa shape index (κ3) is 5.04. The fourth-order valence-corrected chi connectivity index (χ4v) is 2.91. The molecule has 6 nitrogen and oxygen atoms in total. The molecular formula is C19H22N4O2. The van der Waals surface area contributed by atoms with Crippen LogP contribution in [0.2, 0.25) is 0 Å². The second-order valence-corrected chi connectivity index (χ2v) is 6.18. The zero-order chi connectivity index (χ0) is 17.5. The largest absolute Gasteiger partial charge is 0.340 e. The molecule has 1 aliphatic heterocycles. The Labute approximate surface area is 147 Å². The van der Waals surface area contributed by atoms with E-state index in [2.05, 4.69) is 15.6 Å². The molecule has 25 heavy (non-hydrogen) atoms. The van der Waals surface area contributed by atoms with Crippen LogP contribution in [0.5, 0.6) is 0 Å². The molecule has 130 valence electrons. The predicted octanol–water partition coefficient (Wildman–Crippen LogP) is 1.72. The number of nitrogens with zero attached hydrogens (tertiary/aromatic N) is 2. The summed E-state index contributed by atoms with van der Waals surface area (Å²) in [5.41, 5.74) is 1.96. The van der Waals surface area contributed by atoms with E-state index in [-0.39, 0.29) is 18.0 Å². The first kappa shape index (κ1) is 17.0. The zero-order valence-electron chi connectivity index (χ0n) is 14.0. The number of aromatic nitrogens is 1. The van der Waals surface area contributed by atoms with E-state index in [1.165, 1.54) is 0 Å². The summed E-state index contributed by atoms with van der Waals surface area (Å²) in [7, 11) is 0. The zero-order valence-corrected chi connectivity index (χ0v) is 14.0. The van der Waals surface area contributed by atoms with Crippen molar-refractivity contribution >= 4 is 11.9 Å². The van der Waals surface area contributed by atoms with Crippen molar-refractivity contribution in [3.05, 3.63) is 66.0 Å². The number of rotatable bonds is 5. The normalized spacial score (nSPS) is 16.5. The lowest BCUT2D eigenvalue weighted by Gasteiger charge is -2.17. The Morgan fingerprint density at radius 3 is 2.68 bits per heavy atom. The Bertz CT molecular complexity index is 706. The number of urea groups is 1. The minimum Gasteiger partial charge on any atom is -0.340 e. The Morgan fingerprint density at radius 1 is 1.12 bits per heavy atom. The summed E-state index contributed by atoms with van der Waals surface area (Å²) >= 11 is 0. The molecule has 0 aliphatic carbocycles. The van der Waals surface area contributed by atoms with E-state index in [4.69, 9.17) is 0 Å². The lowest BCUT2D eigenvalue weighted by atomic mass is 10.1. The first-order valence-corrected chi connectivity index (χ1v) is 8.45. The van der Waals surface area contributed by atoms with E-state index >= 15 is 0 Å². The van der Waals surface area contributed by atoms with E-state index in [0.29, 0.717) is 26.1 Å². The van der Waals surface area contributed by atoms with E-state index in [1.54, 1.807) is 12.4 Å². The molecule has 6 heteroatoms. The molecule has 0 saturated carbocycles. The van der Waals surface area contributed by atoms with Crippen molar-refractivity contribution in [2.45, 2.75) is 25.4 Å². The Hall–Kier alpha value is -2.89. The molecule has 2 heterocycles. The van der Waals surface area contributed by atoms with Crippen LogP contribution in [-0.4, -0.2) is 41.0 Å². The molecule has 0 bridgehead atoms. The van der Waals surface area contributed by atoms with Crippen LogP contribution in [0.3, 0.4) is 0 Å². The second-order valence-electron chi connectivity index (χ2n) is 6.18. The molecule has 3 rings (SSSR count). The van der Waals surface area contributed by atoms with Crippen molar-refractivity contribution in [3.8, 4) is 0 Å². The Morgan fingerprint density at radius 2 is 1.92 bits per heavy atom. The number of nitrogens with one attached hydrogen (secondary N) is 2. The molecule has 3 amide bonds. The number of hydrogen-bond acceptors (Lipinski definition) is 3. The molecule has 1 aromatic heterocycles. The van der Waals surface area contributed by atoms with Crippen LogP contribution in [0, 0.1) is 0 Å². The van der Waals surface area contributed by atoms with Gasteiger partial charge in [-0.2, -0.15) is 0 Å². The molecular weight excluding hydrogens is 316 g/mol. The fraction of sp³-hybridized carbons (Fsp3) is 0.316. The molecule has 2 N–H and O–H groups in total. The van der Waals surface area contributed by atoms with Crippen molar-refractivity contribution in [1.29, 1.82) is 0 Å². The van der Waals surface area contributed by atoms with Gasteiger partial charge in [-0.05, 0) is 23.6 Å². The minimum atomic E-state index is -0.216. The third-order valence-corrected chi connectivity index (χ3v) is 4.25. The highest BCUT2D eigenvalue weighted by atomic mass is 16.2. The fourth-order valence-electron chi connectivity index (χ4n) is 2.91. The van der Waals surface area contributed by atoms with E-state index in [1.807, 2.05) is 47.4 Å². The minimum absolute atomic E-state index is 0.00591. The highest BCUT2D eigenvalue weighted by Gasteiger charge is 2.27. The van der Waals surface area contributed by atoms with Gasteiger partial charge in [-0.1, -0.05) is 36.4 Å². The SMILES string of the molecule is O=C(NCc1cccnc1)NC1CCN(C(=O)Cc2ccccc2)C1. The quantitative estimate of drug-likeness (QED) is 0.872. The predicted molar refractivity (Wildman–Crippen MR) is 94.7 cm³/mol. The summed E-state index contributed by atoms with van der Waals surface area (Å²) in [6, 6.07) is 13.2. The molecule has 1 aliphatic rings. The highest BCUT2D eigenvalue weighted by Crippen LogP contribution is 2.12. The standard InChI is InChI=1S/C19H22N4O2/c24-18(11-15-5-2-1-3-6-15)23-10-8-17(14-23)22-19(25)21-13-16-7-4-9-20-12-16/h1-7,9,12,17H,8,10-11,13-14H2,(H2,21,22,25). The lowest BCUT2D eigenvalue weighted by Crippen LogP contribution is -2.43. The van der Waals surface area contributed by atoms with Gasteiger partial charge in [0.1, 0.15) is 0 Å². The van der Waals surface area contributed by atoms with Gasteiger partial charge in [-0.3, -0.25) is 9.78 Å². The molecule has 1 unspecified atom stereocenters. The summed E-state index contributed by atoms with van der Waals surface area (Å²) < 4.78 is 0. The molecule has 0 radical (unpaired) electrons. The average Bonchev–Trinajstić information content (AvgIpc) is 3.10. The summed E-state index contributed by atoms with van der Waals surface area (Å²) in [6.45, 7) is 1.67. The van der Waals surface area contributed by atoms with Crippen molar-refractivity contribution in [2.75, 3.05) is 13.1 Å². The molecule has 1 aromatic carbocycles. The maximum absolute atomic E-state index is 12.3. The van der Waals surface area contributed by atoms with Crippen LogP contribution in [0.1, 0.15) is 17.5 Å². The van der Waals surface area contributed by atoms with Crippen molar-refractivity contribution in [1.82, 2.24) is 20.5 Å². The summed E-state index contributed by atoms with van der Waals surface area (Å²) in [5, 5.41) is 5.75. The van der Waals surface area contributed by atoms with Gasteiger partial charge in [-0.15, -0.1) is 0 Å². The van der Waals surface area contributed by atoms with Gasteiger partial charge >= 0.3 is 6.03 Å². The van der Waals surface area contributed by atoms with Gasteiger partial charge in [0.2, 0.25) is 5.91 Å². The summed E-state index contributed by atoms with van der Waals surface area (Å²) in [5.74, 6) is 0.103. The van der Waals surface area contributed by atoms with E-state index < -0.39 is 0 Å². The number of likely N-dealkylation sites (tertiary alicyclic amines) is 1. The van der Waals surface area contributed by atoms with Gasteiger partial charge in [-0.25, -0.2) is 4.79 Å². The Balaban J connectivity index is 1.41. The van der Waals surface area contributed by atoms with Crippen molar-refractivity contribution in [2.24, 2.45) is 0 Å². The maximum Gasteiger partial charge on any atom is 0.315 e. The number of carbonyl (C=O) groups is 2. The van der Waals surface area contributed by atoms with E-state index in [0.717, 1.165) is 17.5 Å². The Kier molecular flexibility index (Phi) is 5.61. The van der Waals surface area contributed by atoms with Gasteiger partial charge in [0, 0.05) is 38.1 Å². The third-order valence-electron chi connectivity index (χ3n) is 4.25. The van der Waals surface area contributed by atoms with Gasteiger partial charge in [0.05, 0.1) is 6.42 Å². The second kappa shape index (κ2) is 8.28. The molecule has 1 atom stereocenters. The topological polar surface area (TPSA) is 74.3 Å². The number of pyridine rings is 1. The van der Waals surface area contributed by atoms with Crippen LogP contribution < -0.4 is 10.6 Å². The molecule has 2 aromatic rings. The summed E-state index contributed by atoms with van der Waals surface area (Å²) in [6.07, 6.45) is 4.60. The van der Waals surface area contributed by atoms with Gasteiger partial charge in [0.15, 0.2) is 0 Å². The van der Waals surface area contributed by atoms with Crippen LogP contribution in [0.4, 0.5) is 4.79 Å². The summed E-state index contributed by atoms with van der Waals surface area (Å²) in [4.78, 5) is 30.2. The monoisotopic (exact) mass is 338 g/mol. The number of carbonyl (C=O) groups excluding carboxylic acids is 2. The van der Waals surface area contributed by atoms with Crippen LogP contribution in [0.15, 0.2) is 54.9 Å². The van der Waals surface area contributed by atoms with Gasteiger partial charge in [0.25, 0.3) is 0 Å². The molecule has 1 saturated heterocycles. The van der Waals surface area contributed by atoms with Crippen LogP contribution in [0.25, 0.3) is 0 Å². The van der Waals surface area contributed by atoms with Crippen LogP contribution in [-0.2, 0) is 17.8 Å². The van der Waals surface area contributed by atoms with E-state index in [9.17, 15) is 9.59 Å². The van der Waals surface area contributed by atoms with Crippen molar-refractivity contribution < 1.29 is 9.59 Å². The first-order chi connectivity index (χ1) is 12.2. The first-order valence-electron chi connectivity index (χ1n) is 8.45. The molecule has 0 spiro atoms. The smallest absolute Gasteiger partial charge is 0.315 e. The number of hydrogen-bond donors (Lipinski definition) is 2. The maximum atomic E-state index is 12.3. The molecule has 1 fully saturated rings. The van der Waals surface area contributed by atoms with Crippen molar-refractivity contribution in [3.63, 3.8) is 0 Å². The van der Waals surface area contributed by atoms with Gasteiger partial charge < -0.3 is 15.5 Å². The average molecular weight is 338 g/mol. The number of amides is 3. The lowest BCUT2D eigenvalue weighted by molar-refractivity contribution is -0.129. The van der Waals surface area contributed by atoms with Crippen LogP contribution >= 0.6 is 0 Å².